The highest BCUT2D eigenvalue weighted by atomic mass is 32.3. The number of nitrogens with zero attached hydrogens (tertiary/aromatic N) is 1. The van der Waals surface area contributed by atoms with Crippen molar-refractivity contribution in [3.63, 3.8) is 0 Å². The lowest BCUT2D eigenvalue weighted by molar-refractivity contribution is 0.0589. The Morgan fingerprint density at radius 3 is 2.30 bits per heavy atom. The minimum absolute atomic E-state index is 0.0524. The van der Waals surface area contributed by atoms with Crippen molar-refractivity contribution < 1.29 is 30.8 Å². The summed E-state index contributed by atoms with van der Waals surface area (Å²) in [4.78, 5) is 24.2. The molecule has 9 heteroatoms. The van der Waals surface area contributed by atoms with E-state index in [0.29, 0.717) is 11.8 Å². The maximum Gasteiger partial charge on any atom is 0.488 e. The number of hydrogen-bond donors (Lipinski definition) is 0. The van der Waals surface area contributed by atoms with Gasteiger partial charge in [-0.1, -0.05) is 3.89 Å². The van der Waals surface area contributed by atoms with Crippen LogP contribution in [0.5, 0.6) is 5.75 Å². The highest BCUT2D eigenvalue weighted by Crippen LogP contribution is 2.30. The standard InChI is InChI=1S/C14H18FNO6S/c1-9-10(8-17)6-11(22-23(15,19)20)7-12(9)16(5)13(18)21-14(2,3)4/h6-8H,1-5H3. The second kappa shape index (κ2) is 6.53. The zero-order valence-electron chi connectivity index (χ0n) is 13.4. The van der Waals surface area contributed by atoms with Gasteiger partial charge in [-0.2, -0.15) is 8.42 Å². The fourth-order valence-corrected chi connectivity index (χ4v) is 2.08. The van der Waals surface area contributed by atoms with Gasteiger partial charge >= 0.3 is 16.6 Å². The maximum absolute atomic E-state index is 12.7. The number of carbonyl (C=O) groups is 2. The van der Waals surface area contributed by atoms with Gasteiger partial charge in [0, 0.05) is 18.7 Å². The van der Waals surface area contributed by atoms with Gasteiger partial charge in [0.25, 0.3) is 0 Å². The summed E-state index contributed by atoms with van der Waals surface area (Å²) in [7, 11) is -3.88. The molecule has 0 aromatic heterocycles. The highest BCUT2D eigenvalue weighted by molar-refractivity contribution is 7.81. The number of anilines is 1. The van der Waals surface area contributed by atoms with E-state index in [1.54, 1.807) is 27.7 Å². The van der Waals surface area contributed by atoms with Gasteiger partial charge in [0.05, 0.1) is 5.69 Å². The highest BCUT2D eigenvalue weighted by Gasteiger charge is 2.23. The summed E-state index contributed by atoms with van der Waals surface area (Å²) in [6, 6.07) is 2.19. The Balaban J connectivity index is 3.31. The molecule has 0 atom stereocenters. The maximum atomic E-state index is 12.7. The van der Waals surface area contributed by atoms with Gasteiger partial charge in [0.2, 0.25) is 0 Å². The summed E-state index contributed by atoms with van der Waals surface area (Å²) in [5.41, 5.74) is -0.153. The first-order chi connectivity index (χ1) is 10.3. The molecule has 0 radical (unpaired) electrons. The molecule has 1 aromatic carbocycles. The van der Waals surface area contributed by atoms with Crippen LogP contribution in [0, 0.1) is 6.92 Å². The smallest absolute Gasteiger partial charge is 0.443 e. The van der Waals surface area contributed by atoms with Crippen LogP contribution in [-0.4, -0.2) is 33.4 Å². The van der Waals surface area contributed by atoms with Crippen molar-refractivity contribution >= 4 is 28.6 Å². The predicted octanol–water partition coefficient (Wildman–Crippen LogP) is 2.77. The molecule has 7 nitrogen and oxygen atoms in total. The van der Waals surface area contributed by atoms with Crippen LogP contribution in [-0.2, 0) is 15.2 Å². The Labute approximate surface area is 134 Å². The lowest BCUT2D eigenvalue weighted by Gasteiger charge is -2.26. The first-order valence-electron chi connectivity index (χ1n) is 6.54. The molecule has 1 amide bonds. The van der Waals surface area contributed by atoms with Gasteiger partial charge in [-0.3, -0.25) is 9.69 Å². The van der Waals surface area contributed by atoms with Crippen LogP contribution in [0.3, 0.4) is 0 Å². The Morgan fingerprint density at radius 1 is 1.30 bits per heavy atom. The van der Waals surface area contributed by atoms with E-state index in [4.69, 9.17) is 4.74 Å². The Kier molecular flexibility index (Phi) is 5.36. The van der Waals surface area contributed by atoms with Crippen molar-refractivity contribution in [2.24, 2.45) is 0 Å². The average Bonchev–Trinajstić information content (AvgIpc) is 2.36. The quantitative estimate of drug-likeness (QED) is 0.614. The first-order valence-corrected chi connectivity index (χ1v) is 7.85. The monoisotopic (exact) mass is 347 g/mol. The molecule has 128 valence electrons. The van der Waals surface area contributed by atoms with E-state index in [0.717, 1.165) is 17.0 Å². The fourth-order valence-electron chi connectivity index (χ4n) is 1.76. The lowest BCUT2D eigenvalue weighted by atomic mass is 10.1. The second-order valence-corrected chi connectivity index (χ2v) is 6.74. The van der Waals surface area contributed by atoms with Crippen LogP contribution in [0.4, 0.5) is 14.4 Å². The number of aldehydes is 1. The van der Waals surface area contributed by atoms with Crippen molar-refractivity contribution in [2.45, 2.75) is 33.3 Å². The largest absolute Gasteiger partial charge is 0.488 e. The first kappa shape index (κ1) is 18.9. The van der Waals surface area contributed by atoms with Gasteiger partial charge in [-0.25, -0.2) is 4.79 Å². The van der Waals surface area contributed by atoms with E-state index in [-0.39, 0.29) is 11.3 Å². The molecule has 0 fully saturated rings. The van der Waals surface area contributed by atoms with Gasteiger partial charge < -0.3 is 8.92 Å². The number of rotatable bonds is 4. The van der Waals surface area contributed by atoms with E-state index in [1.807, 2.05) is 0 Å². The molecule has 1 aromatic rings. The fraction of sp³-hybridized carbons (Fsp3) is 0.429. The van der Waals surface area contributed by atoms with Gasteiger partial charge in [0.15, 0.2) is 6.29 Å². The minimum atomic E-state index is -5.26. The third kappa shape index (κ3) is 5.51. The van der Waals surface area contributed by atoms with E-state index < -0.39 is 27.9 Å². The van der Waals surface area contributed by atoms with E-state index in [2.05, 4.69) is 4.18 Å². The van der Waals surface area contributed by atoms with Crippen molar-refractivity contribution in [3.8, 4) is 5.75 Å². The zero-order chi connectivity index (χ0) is 18.0. The molecule has 0 aliphatic rings. The van der Waals surface area contributed by atoms with Crippen LogP contribution in [0.25, 0.3) is 0 Å². The summed E-state index contributed by atoms with van der Waals surface area (Å²) >= 11 is 0. The molecule has 0 saturated heterocycles. The van der Waals surface area contributed by atoms with Gasteiger partial charge in [-0.15, -0.1) is 0 Å². The molecule has 0 spiro atoms. The van der Waals surface area contributed by atoms with Crippen LogP contribution in [0.15, 0.2) is 12.1 Å². The Bertz CT molecular complexity index is 724. The van der Waals surface area contributed by atoms with E-state index >= 15 is 0 Å². The van der Waals surface area contributed by atoms with Crippen molar-refractivity contribution in [1.82, 2.24) is 0 Å². The van der Waals surface area contributed by atoms with Gasteiger partial charge in [-0.05, 0) is 39.3 Å². The summed E-state index contributed by atoms with van der Waals surface area (Å²) in [6.45, 7) is 6.58. The molecule has 0 saturated carbocycles. The topological polar surface area (TPSA) is 90.0 Å². The van der Waals surface area contributed by atoms with Crippen LogP contribution in [0.2, 0.25) is 0 Å². The van der Waals surface area contributed by atoms with Crippen molar-refractivity contribution in [1.29, 1.82) is 0 Å². The molecule has 0 bridgehead atoms. The third-order valence-corrected chi connectivity index (χ3v) is 3.14. The number of hydrogen-bond acceptors (Lipinski definition) is 6. The summed E-state index contributed by atoms with van der Waals surface area (Å²) < 4.78 is 43.2. The molecular formula is C14H18FNO6S. The Hall–Kier alpha value is -2.16. The molecule has 0 aliphatic carbocycles. The molecule has 1 rings (SSSR count). The van der Waals surface area contributed by atoms with Gasteiger partial charge in [0.1, 0.15) is 11.4 Å². The normalized spacial score (nSPS) is 11.7. The number of ether oxygens (including phenoxy) is 1. The van der Waals surface area contributed by atoms with Crippen LogP contribution in [0.1, 0.15) is 36.7 Å². The Morgan fingerprint density at radius 2 is 1.87 bits per heavy atom. The predicted molar refractivity (Wildman–Crippen MR) is 81.9 cm³/mol. The molecule has 0 aliphatic heterocycles. The summed E-state index contributed by atoms with van der Waals surface area (Å²) in [5, 5.41) is 0. The molecular weight excluding hydrogens is 329 g/mol. The summed E-state index contributed by atoms with van der Waals surface area (Å²) in [5.74, 6) is -0.425. The molecule has 23 heavy (non-hydrogen) atoms. The number of halogens is 1. The number of amides is 1. The van der Waals surface area contributed by atoms with Crippen molar-refractivity contribution in [2.75, 3.05) is 11.9 Å². The van der Waals surface area contributed by atoms with Crippen molar-refractivity contribution in [3.05, 3.63) is 23.3 Å². The average molecular weight is 347 g/mol. The SMILES string of the molecule is Cc1c(C=O)cc(OS(=O)(=O)F)cc1N(C)C(=O)OC(C)(C)C. The van der Waals surface area contributed by atoms with Crippen LogP contribution >= 0.6 is 0 Å². The lowest BCUT2D eigenvalue weighted by Crippen LogP contribution is -2.34. The third-order valence-electron chi connectivity index (χ3n) is 2.75. The summed E-state index contributed by atoms with van der Waals surface area (Å²) in [6.07, 6.45) is -0.280. The van der Waals surface area contributed by atoms with E-state index in [1.165, 1.54) is 7.05 Å². The zero-order valence-corrected chi connectivity index (χ0v) is 14.2. The minimum Gasteiger partial charge on any atom is -0.443 e. The van der Waals surface area contributed by atoms with Crippen LogP contribution < -0.4 is 9.08 Å². The molecule has 0 N–H and O–H groups in total. The second-order valence-electron chi connectivity index (χ2n) is 5.79. The number of benzene rings is 1. The molecule has 0 unspecified atom stereocenters. The number of carbonyl (C=O) groups excluding carboxylic acids is 2. The van der Waals surface area contributed by atoms with E-state index in [9.17, 15) is 21.9 Å². The molecule has 0 heterocycles.